The van der Waals surface area contributed by atoms with Crippen LogP contribution >= 0.6 is 0 Å². The Hall–Kier alpha value is -1.94. The number of hydrogen-bond donors (Lipinski definition) is 1. The second kappa shape index (κ2) is 3.87. The van der Waals surface area contributed by atoms with Crippen LogP contribution in [0.1, 0.15) is 37.3 Å². The molecule has 0 radical (unpaired) electrons. The molecule has 0 saturated heterocycles. The van der Waals surface area contributed by atoms with Gasteiger partial charge in [-0.2, -0.15) is 0 Å². The molecule has 0 unspecified atom stereocenters. The fourth-order valence-electron chi connectivity index (χ4n) is 4.50. The Labute approximate surface area is 129 Å². The molecule has 0 aromatic heterocycles. The Morgan fingerprint density at radius 1 is 1.27 bits per heavy atom. The molecule has 114 valence electrons. The number of nitrogens with zero attached hydrogens (tertiary/aromatic N) is 1. The van der Waals surface area contributed by atoms with Gasteiger partial charge in [-0.15, -0.1) is 0 Å². The smallest absolute Gasteiger partial charge is 0.234 e. The van der Waals surface area contributed by atoms with Crippen LogP contribution in [0.15, 0.2) is 30.4 Å². The van der Waals surface area contributed by atoms with Crippen molar-refractivity contribution in [3.63, 3.8) is 0 Å². The van der Waals surface area contributed by atoms with Crippen molar-refractivity contribution >= 4 is 17.4 Å². The highest BCUT2D eigenvalue weighted by atomic mass is 16.3. The second-order valence-corrected chi connectivity index (χ2v) is 7.21. The number of fused-ring (bicyclic) bond motifs is 3. The van der Waals surface area contributed by atoms with E-state index >= 15 is 0 Å². The summed E-state index contributed by atoms with van der Waals surface area (Å²) in [6, 6.07) is 5.48. The molecule has 4 heteroatoms. The number of aliphatic hydroxyl groups is 1. The largest absolute Gasteiger partial charge is 0.374 e. The number of benzene rings is 1. The number of likely N-dealkylation sites (N-methyl/N-ethyl adjacent to an activating group) is 1. The van der Waals surface area contributed by atoms with Crippen LogP contribution in [-0.4, -0.2) is 23.8 Å². The summed E-state index contributed by atoms with van der Waals surface area (Å²) >= 11 is 0. The molecule has 4 rings (SSSR count). The summed E-state index contributed by atoms with van der Waals surface area (Å²) in [6.45, 7) is 3.95. The predicted octanol–water partition coefficient (Wildman–Crippen LogP) is 2.12. The summed E-state index contributed by atoms with van der Waals surface area (Å²) in [7, 11) is 1.76. The van der Waals surface area contributed by atoms with Crippen LogP contribution in [0.3, 0.4) is 0 Å². The number of ketones is 1. The molecule has 1 N–H and O–H groups in total. The number of Topliss-reactive ketones (excluding diaryl/α,β-unsaturated/α-hetero) is 1. The molecule has 0 spiro atoms. The maximum Gasteiger partial charge on any atom is 0.234 e. The topological polar surface area (TPSA) is 57.6 Å². The zero-order valence-corrected chi connectivity index (χ0v) is 13.0. The van der Waals surface area contributed by atoms with E-state index < -0.39 is 11.0 Å². The van der Waals surface area contributed by atoms with Crippen molar-refractivity contribution in [2.45, 2.75) is 31.8 Å². The van der Waals surface area contributed by atoms with Gasteiger partial charge in [0.05, 0.1) is 5.92 Å². The number of carbonyl (C=O) groups is 2. The van der Waals surface area contributed by atoms with E-state index in [4.69, 9.17) is 0 Å². The summed E-state index contributed by atoms with van der Waals surface area (Å²) in [5.41, 5.74) is 0.0713. The van der Waals surface area contributed by atoms with Crippen molar-refractivity contribution in [3.05, 3.63) is 41.5 Å². The van der Waals surface area contributed by atoms with Crippen LogP contribution in [0.2, 0.25) is 0 Å². The van der Waals surface area contributed by atoms with Gasteiger partial charge in [0.1, 0.15) is 0 Å². The lowest BCUT2D eigenvalue weighted by molar-refractivity contribution is -0.143. The monoisotopic (exact) mass is 297 g/mol. The Kier molecular flexibility index (Phi) is 2.41. The first-order chi connectivity index (χ1) is 10.3. The van der Waals surface area contributed by atoms with Crippen LogP contribution in [0.4, 0.5) is 5.69 Å². The van der Waals surface area contributed by atoms with Crippen LogP contribution in [-0.2, 0) is 15.2 Å². The molecule has 22 heavy (non-hydrogen) atoms. The van der Waals surface area contributed by atoms with Crippen LogP contribution in [0.5, 0.6) is 0 Å². The van der Waals surface area contributed by atoms with Gasteiger partial charge in [-0.25, -0.2) is 0 Å². The zero-order chi connectivity index (χ0) is 15.9. The van der Waals surface area contributed by atoms with Crippen LogP contribution in [0.25, 0.3) is 0 Å². The van der Waals surface area contributed by atoms with E-state index in [9.17, 15) is 14.7 Å². The fraction of sp³-hybridized carbons (Fsp3) is 0.444. The molecule has 1 aliphatic heterocycles. The van der Waals surface area contributed by atoms with E-state index in [2.05, 4.69) is 0 Å². The van der Waals surface area contributed by atoms with Crippen LogP contribution < -0.4 is 4.90 Å². The summed E-state index contributed by atoms with van der Waals surface area (Å²) in [5.74, 6) is -0.913. The quantitative estimate of drug-likeness (QED) is 0.746. The first-order valence-electron chi connectivity index (χ1n) is 7.65. The molecule has 3 aliphatic rings. The molecule has 0 saturated carbocycles. The lowest BCUT2D eigenvalue weighted by Gasteiger charge is -2.39. The highest BCUT2D eigenvalue weighted by Gasteiger charge is 2.59. The van der Waals surface area contributed by atoms with E-state index in [0.29, 0.717) is 12.0 Å². The van der Waals surface area contributed by atoms with E-state index in [-0.39, 0.29) is 23.5 Å². The first-order valence-corrected chi connectivity index (χ1v) is 7.65. The van der Waals surface area contributed by atoms with E-state index in [1.165, 1.54) is 0 Å². The fourth-order valence-corrected chi connectivity index (χ4v) is 4.50. The summed E-state index contributed by atoms with van der Waals surface area (Å²) in [6.07, 6.45) is 4.05. The van der Waals surface area contributed by atoms with Crippen molar-refractivity contribution in [1.82, 2.24) is 0 Å². The van der Waals surface area contributed by atoms with Gasteiger partial charge in [0.25, 0.3) is 0 Å². The molecular formula is C18H19NO3. The maximum absolute atomic E-state index is 13.0. The number of carbonyl (C=O) groups excluding carboxylic acids is 2. The molecule has 3 atom stereocenters. The Morgan fingerprint density at radius 2 is 2.00 bits per heavy atom. The minimum atomic E-state index is -1.61. The lowest BCUT2D eigenvalue weighted by atomic mass is 9.64. The first kappa shape index (κ1) is 13.7. The highest BCUT2D eigenvalue weighted by Crippen LogP contribution is 2.58. The third-order valence-corrected chi connectivity index (χ3v) is 5.79. The molecule has 1 heterocycles. The van der Waals surface area contributed by atoms with Gasteiger partial charge in [-0.1, -0.05) is 32.1 Å². The minimum absolute atomic E-state index is 0.0106. The van der Waals surface area contributed by atoms with Crippen LogP contribution in [0, 0.1) is 11.3 Å². The third kappa shape index (κ3) is 1.32. The number of amides is 1. The number of rotatable bonds is 0. The minimum Gasteiger partial charge on any atom is -0.374 e. The normalized spacial score (nSPS) is 34.6. The lowest BCUT2D eigenvalue weighted by Crippen LogP contribution is -2.46. The van der Waals surface area contributed by atoms with Crippen molar-refractivity contribution in [2.24, 2.45) is 11.3 Å². The molecule has 1 aromatic carbocycles. The molecule has 1 amide bonds. The van der Waals surface area contributed by atoms with Gasteiger partial charge in [0.15, 0.2) is 11.4 Å². The maximum atomic E-state index is 13.0. The van der Waals surface area contributed by atoms with Crippen molar-refractivity contribution in [1.29, 1.82) is 0 Å². The van der Waals surface area contributed by atoms with Crippen molar-refractivity contribution in [3.8, 4) is 0 Å². The van der Waals surface area contributed by atoms with Gasteiger partial charge in [0.2, 0.25) is 5.91 Å². The summed E-state index contributed by atoms with van der Waals surface area (Å²) < 4.78 is 0. The van der Waals surface area contributed by atoms with Gasteiger partial charge in [-0.3, -0.25) is 9.59 Å². The third-order valence-electron chi connectivity index (χ3n) is 5.79. The van der Waals surface area contributed by atoms with E-state index in [1.807, 2.05) is 26.0 Å². The Balaban J connectivity index is 2.14. The average molecular weight is 297 g/mol. The molecule has 2 aliphatic carbocycles. The molecular weight excluding hydrogens is 278 g/mol. The van der Waals surface area contributed by atoms with Crippen molar-refractivity contribution < 1.29 is 14.7 Å². The number of allylic oxidation sites excluding steroid dienone is 1. The molecule has 4 nitrogen and oxygen atoms in total. The standard InChI is InChI=1S/C18H19NO3/c1-17(2)11-7-5-9-18(22,15(11)20)10-6-4-8-12-13(10)14(17)16(21)19(12)3/h4-6,8-9,11,14,22H,7H2,1-3H3/t11-,14-,18+/m1/s1. The second-order valence-electron chi connectivity index (χ2n) is 7.21. The predicted molar refractivity (Wildman–Crippen MR) is 82.5 cm³/mol. The van der Waals surface area contributed by atoms with E-state index in [0.717, 1.165) is 11.3 Å². The number of hydrogen-bond acceptors (Lipinski definition) is 3. The summed E-state index contributed by atoms with van der Waals surface area (Å²) in [5, 5.41) is 11.1. The molecule has 1 aromatic rings. The summed E-state index contributed by atoms with van der Waals surface area (Å²) in [4.78, 5) is 27.5. The van der Waals surface area contributed by atoms with Gasteiger partial charge in [0, 0.05) is 24.2 Å². The highest BCUT2D eigenvalue weighted by molar-refractivity contribution is 6.08. The molecule has 0 fully saturated rings. The molecule has 2 bridgehead atoms. The van der Waals surface area contributed by atoms with Crippen molar-refractivity contribution in [2.75, 3.05) is 11.9 Å². The van der Waals surface area contributed by atoms with E-state index in [1.54, 1.807) is 30.2 Å². The van der Waals surface area contributed by atoms with Gasteiger partial charge in [-0.05, 0) is 29.5 Å². The zero-order valence-electron chi connectivity index (χ0n) is 13.0. The Morgan fingerprint density at radius 3 is 2.73 bits per heavy atom. The Bertz CT molecular complexity index is 749. The SMILES string of the molecule is CN1C(=O)[C@H]2c3c1cccc3[C@@]1(O)C=CC[C@H](C1=O)C2(C)C. The van der Waals surface area contributed by atoms with Gasteiger partial charge < -0.3 is 10.0 Å². The van der Waals surface area contributed by atoms with Gasteiger partial charge >= 0.3 is 0 Å². The average Bonchev–Trinajstić information content (AvgIpc) is 2.73. The number of anilines is 1.